The molecule has 12 heavy (non-hydrogen) atoms. The van der Waals surface area contributed by atoms with Gasteiger partial charge in [0.1, 0.15) is 0 Å². The summed E-state index contributed by atoms with van der Waals surface area (Å²) in [4.78, 5) is 0. The van der Waals surface area contributed by atoms with Crippen LogP contribution >= 0.6 is 0 Å². The first-order valence-corrected chi connectivity index (χ1v) is 4.55. The van der Waals surface area contributed by atoms with Gasteiger partial charge in [0.2, 0.25) is 0 Å². The van der Waals surface area contributed by atoms with Gasteiger partial charge in [-0.15, -0.1) is 0 Å². The fourth-order valence-electron chi connectivity index (χ4n) is 1.59. The summed E-state index contributed by atoms with van der Waals surface area (Å²) >= 11 is 0. The molecule has 0 bridgehead atoms. The van der Waals surface area contributed by atoms with Crippen molar-refractivity contribution in [3.05, 3.63) is 0 Å². The number of halogens is 2. The van der Waals surface area contributed by atoms with E-state index in [1.165, 1.54) is 0 Å². The number of alkyl halides is 2. The lowest BCUT2D eigenvalue weighted by molar-refractivity contribution is 0.0948. The topological polar surface area (TPSA) is 26.0 Å². The molecule has 0 saturated heterocycles. The van der Waals surface area contributed by atoms with Crippen LogP contribution in [0.3, 0.4) is 0 Å². The molecule has 0 amide bonds. The Morgan fingerprint density at radius 3 is 2.33 bits per heavy atom. The maximum absolute atomic E-state index is 12.4. The van der Waals surface area contributed by atoms with Gasteiger partial charge in [0.05, 0.1) is 0 Å². The van der Waals surface area contributed by atoms with E-state index >= 15 is 0 Å². The van der Waals surface area contributed by atoms with Crippen LogP contribution in [0.1, 0.15) is 33.1 Å². The average Bonchev–Trinajstić information content (AvgIpc) is 2.35. The van der Waals surface area contributed by atoms with E-state index in [2.05, 4.69) is 13.8 Å². The van der Waals surface area contributed by atoms with E-state index in [1.807, 2.05) is 0 Å². The smallest absolute Gasteiger partial charge is 0.251 e. The monoisotopic (exact) mass is 177 g/mol. The molecule has 1 aliphatic rings. The predicted octanol–water partition coefficient (Wildman–Crippen LogP) is 2.41. The van der Waals surface area contributed by atoms with E-state index in [0.29, 0.717) is 12.3 Å². The molecule has 0 spiro atoms. The second-order valence-corrected chi connectivity index (χ2v) is 4.29. The number of rotatable bonds is 4. The van der Waals surface area contributed by atoms with Crippen molar-refractivity contribution in [1.29, 1.82) is 0 Å². The molecule has 1 saturated carbocycles. The Kier molecular flexibility index (Phi) is 2.71. The minimum atomic E-state index is -2.39. The molecule has 0 heterocycles. The maximum Gasteiger partial charge on any atom is 0.251 e. The molecule has 2 N–H and O–H groups in total. The number of hydrogen-bond donors (Lipinski definition) is 1. The summed E-state index contributed by atoms with van der Waals surface area (Å²) in [7, 11) is 0. The van der Waals surface area contributed by atoms with Crippen molar-refractivity contribution in [3.63, 3.8) is 0 Å². The van der Waals surface area contributed by atoms with E-state index in [0.717, 1.165) is 6.42 Å². The third kappa shape index (κ3) is 2.70. The van der Waals surface area contributed by atoms with Crippen LogP contribution in [0.15, 0.2) is 0 Å². The molecule has 1 rings (SSSR count). The Morgan fingerprint density at radius 2 is 2.00 bits per heavy atom. The molecule has 0 aromatic carbocycles. The van der Waals surface area contributed by atoms with Gasteiger partial charge in [-0.2, -0.15) is 0 Å². The van der Waals surface area contributed by atoms with Crippen molar-refractivity contribution in [3.8, 4) is 0 Å². The van der Waals surface area contributed by atoms with E-state index in [-0.39, 0.29) is 12.5 Å². The molecule has 0 aliphatic heterocycles. The molecular weight excluding hydrogens is 160 g/mol. The lowest BCUT2D eigenvalue weighted by atomic mass is 10.00. The van der Waals surface area contributed by atoms with Gasteiger partial charge in [-0.25, -0.2) is 8.78 Å². The fraction of sp³-hybridized carbons (Fsp3) is 1.00. The molecule has 1 aliphatic carbocycles. The molecule has 0 aromatic heterocycles. The molecule has 1 fully saturated rings. The molecule has 72 valence electrons. The van der Waals surface area contributed by atoms with Crippen LogP contribution < -0.4 is 5.73 Å². The van der Waals surface area contributed by atoms with Gasteiger partial charge >= 0.3 is 0 Å². The highest BCUT2D eigenvalue weighted by Gasteiger charge is 2.56. The van der Waals surface area contributed by atoms with Gasteiger partial charge in [0.25, 0.3) is 5.92 Å². The van der Waals surface area contributed by atoms with E-state index in [9.17, 15) is 8.78 Å². The highest BCUT2D eigenvalue weighted by Crippen LogP contribution is 2.51. The second-order valence-electron chi connectivity index (χ2n) is 4.29. The van der Waals surface area contributed by atoms with Crippen molar-refractivity contribution in [2.45, 2.75) is 45.1 Å². The second kappa shape index (κ2) is 3.29. The third-order valence-corrected chi connectivity index (χ3v) is 2.32. The molecule has 1 unspecified atom stereocenters. The van der Waals surface area contributed by atoms with Crippen LogP contribution in [0.4, 0.5) is 8.78 Å². The minimum Gasteiger partial charge on any atom is -0.328 e. The molecule has 3 heteroatoms. The third-order valence-electron chi connectivity index (χ3n) is 2.32. The van der Waals surface area contributed by atoms with Crippen LogP contribution in [0, 0.1) is 11.8 Å². The summed E-state index contributed by atoms with van der Waals surface area (Å²) in [5.41, 5.74) is 5.70. The zero-order valence-corrected chi connectivity index (χ0v) is 7.69. The van der Waals surface area contributed by atoms with Gasteiger partial charge < -0.3 is 5.73 Å². The summed E-state index contributed by atoms with van der Waals surface area (Å²) in [5.74, 6) is -2.31. The summed E-state index contributed by atoms with van der Waals surface area (Å²) in [6.07, 6.45) is 1.40. The summed E-state index contributed by atoms with van der Waals surface area (Å²) in [5, 5.41) is 0. The van der Waals surface area contributed by atoms with Gasteiger partial charge in [0, 0.05) is 18.4 Å². The highest BCUT2D eigenvalue weighted by atomic mass is 19.3. The zero-order valence-electron chi connectivity index (χ0n) is 7.69. The number of hydrogen-bond acceptors (Lipinski definition) is 1. The van der Waals surface area contributed by atoms with Crippen molar-refractivity contribution >= 4 is 0 Å². The van der Waals surface area contributed by atoms with Crippen molar-refractivity contribution in [2.24, 2.45) is 17.6 Å². The Morgan fingerprint density at radius 1 is 1.50 bits per heavy atom. The first kappa shape index (κ1) is 9.90. The van der Waals surface area contributed by atoms with Crippen molar-refractivity contribution in [1.82, 2.24) is 0 Å². The van der Waals surface area contributed by atoms with E-state index in [4.69, 9.17) is 5.73 Å². The molecular formula is C9H17F2N. The average molecular weight is 177 g/mol. The van der Waals surface area contributed by atoms with E-state index < -0.39 is 11.8 Å². The lowest BCUT2D eigenvalue weighted by Crippen LogP contribution is -2.23. The number of nitrogens with two attached hydrogens (primary N) is 1. The van der Waals surface area contributed by atoms with Crippen LogP contribution in [0.25, 0.3) is 0 Å². The Hall–Kier alpha value is -0.180. The van der Waals surface area contributed by atoms with Gasteiger partial charge in [-0.05, 0) is 18.8 Å². The van der Waals surface area contributed by atoms with Crippen LogP contribution in [0.5, 0.6) is 0 Å². The van der Waals surface area contributed by atoms with Crippen molar-refractivity contribution < 1.29 is 8.78 Å². The van der Waals surface area contributed by atoms with Gasteiger partial charge in [-0.1, -0.05) is 13.8 Å². The van der Waals surface area contributed by atoms with Gasteiger partial charge in [0.15, 0.2) is 0 Å². The normalized spacial score (nSPS) is 29.0. The van der Waals surface area contributed by atoms with E-state index in [1.54, 1.807) is 0 Å². The summed E-state index contributed by atoms with van der Waals surface area (Å²) in [6.45, 7) is 4.12. The molecule has 0 aromatic rings. The summed E-state index contributed by atoms with van der Waals surface area (Å²) < 4.78 is 24.9. The summed E-state index contributed by atoms with van der Waals surface area (Å²) in [6, 6.07) is -0.0385. The maximum atomic E-state index is 12.4. The Bertz CT molecular complexity index is 157. The predicted molar refractivity (Wildman–Crippen MR) is 45.1 cm³/mol. The largest absolute Gasteiger partial charge is 0.328 e. The van der Waals surface area contributed by atoms with Crippen LogP contribution in [-0.2, 0) is 0 Å². The quantitative estimate of drug-likeness (QED) is 0.701. The molecule has 1 nitrogen and oxygen atoms in total. The van der Waals surface area contributed by atoms with Crippen LogP contribution in [0.2, 0.25) is 0 Å². The Labute approximate surface area is 72.3 Å². The standard InChI is InChI=1S/C9H17F2N/c1-6(2)3-8(12)4-7-5-9(7,10)11/h6-8H,3-5,12H2,1-2H3/t7?,8-/m1/s1. The van der Waals surface area contributed by atoms with Crippen molar-refractivity contribution in [2.75, 3.05) is 0 Å². The minimum absolute atomic E-state index is 0.0385. The Balaban J connectivity index is 2.16. The lowest BCUT2D eigenvalue weighted by Gasteiger charge is -2.12. The molecule has 2 atom stereocenters. The highest BCUT2D eigenvalue weighted by molar-refractivity contribution is 4.96. The SMILES string of the molecule is CC(C)C[C@@H](N)CC1CC1(F)F. The zero-order chi connectivity index (χ0) is 9.35. The van der Waals surface area contributed by atoms with Gasteiger partial charge in [-0.3, -0.25) is 0 Å². The fourth-order valence-corrected chi connectivity index (χ4v) is 1.59. The first-order chi connectivity index (χ1) is 5.42. The molecule has 0 radical (unpaired) electrons. The first-order valence-electron chi connectivity index (χ1n) is 4.55. The van der Waals surface area contributed by atoms with Crippen LogP contribution in [-0.4, -0.2) is 12.0 Å².